The lowest BCUT2D eigenvalue weighted by Gasteiger charge is -2.34. The van der Waals surface area contributed by atoms with Crippen LogP contribution in [0.2, 0.25) is 5.02 Å². The highest BCUT2D eigenvalue weighted by Crippen LogP contribution is 2.25. The van der Waals surface area contributed by atoms with Crippen LogP contribution >= 0.6 is 11.6 Å². The van der Waals surface area contributed by atoms with Gasteiger partial charge in [-0.2, -0.15) is 0 Å². The molecule has 7 nitrogen and oxygen atoms in total. The highest BCUT2D eigenvalue weighted by molar-refractivity contribution is 7.92. The van der Waals surface area contributed by atoms with Crippen LogP contribution in [0.3, 0.4) is 0 Å². The van der Waals surface area contributed by atoms with Gasteiger partial charge in [0, 0.05) is 19.0 Å². The normalized spacial score (nSPS) is 12.2. The highest BCUT2D eigenvalue weighted by Gasteiger charge is 2.33. The summed E-state index contributed by atoms with van der Waals surface area (Å²) >= 11 is 5.88. The summed E-state index contributed by atoms with van der Waals surface area (Å²) in [5, 5.41) is 2.53. The van der Waals surface area contributed by atoms with Crippen LogP contribution in [0.1, 0.15) is 25.0 Å². The molecule has 39 heavy (non-hydrogen) atoms. The molecule has 0 bridgehead atoms. The summed E-state index contributed by atoms with van der Waals surface area (Å²) in [4.78, 5) is 28.6. The first-order valence-corrected chi connectivity index (χ1v) is 14.4. The van der Waals surface area contributed by atoms with E-state index in [1.165, 1.54) is 35.2 Å². The fraction of sp³-hybridized carbons (Fsp3) is 0.286. The molecule has 0 aromatic heterocycles. The number of carbonyl (C=O) groups is 2. The van der Waals surface area contributed by atoms with Crippen LogP contribution in [0.5, 0.6) is 0 Å². The fourth-order valence-electron chi connectivity index (χ4n) is 3.98. The minimum atomic E-state index is -4.02. The van der Waals surface area contributed by atoms with E-state index in [1.54, 1.807) is 13.8 Å². The Morgan fingerprint density at radius 1 is 0.949 bits per heavy atom. The van der Waals surface area contributed by atoms with Gasteiger partial charge in [-0.15, -0.1) is 0 Å². The lowest BCUT2D eigenvalue weighted by Crippen LogP contribution is -2.54. The third-order valence-electron chi connectivity index (χ3n) is 5.84. The van der Waals surface area contributed by atoms with E-state index in [1.807, 2.05) is 30.3 Å². The zero-order chi connectivity index (χ0) is 28.7. The number of carbonyl (C=O) groups excluding carboxylic acids is 2. The molecule has 0 heterocycles. The molecule has 3 aromatic carbocycles. The van der Waals surface area contributed by atoms with Crippen LogP contribution in [0.15, 0.2) is 72.8 Å². The molecule has 2 amide bonds. The van der Waals surface area contributed by atoms with E-state index in [-0.39, 0.29) is 29.7 Å². The summed E-state index contributed by atoms with van der Waals surface area (Å²) in [5.41, 5.74) is 1.31. The Kier molecular flexibility index (Phi) is 10.0. The van der Waals surface area contributed by atoms with E-state index in [9.17, 15) is 26.8 Å². The van der Waals surface area contributed by atoms with E-state index in [0.29, 0.717) is 5.56 Å². The Balaban J connectivity index is 2.06. The number of benzene rings is 3. The lowest BCUT2D eigenvalue weighted by atomic mass is 10.0. The lowest BCUT2D eigenvalue weighted by molar-refractivity contribution is -0.140. The standard InChI is InChI=1S/C28H30ClF2N3O4S/c1-19(2)32-28(36)26(15-20-7-5-4-6-8-20)33(17-21-9-11-22(30)12-10-21)27(35)18-34(39(3,37)38)23-13-14-25(31)24(29)16-23/h4-14,16,19,26H,15,17-18H2,1-3H3,(H,32,36)/t26-/m1/s1. The van der Waals surface area contributed by atoms with Crippen LogP contribution < -0.4 is 9.62 Å². The van der Waals surface area contributed by atoms with Gasteiger partial charge in [0.1, 0.15) is 24.2 Å². The first-order chi connectivity index (χ1) is 18.3. The molecule has 0 aliphatic carbocycles. The number of nitrogens with zero attached hydrogens (tertiary/aromatic N) is 2. The van der Waals surface area contributed by atoms with Gasteiger partial charge in [0.25, 0.3) is 0 Å². The largest absolute Gasteiger partial charge is 0.352 e. The van der Waals surface area contributed by atoms with Gasteiger partial charge in [-0.05, 0) is 55.3 Å². The quantitative estimate of drug-likeness (QED) is 0.362. The van der Waals surface area contributed by atoms with Gasteiger partial charge in [-0.3, -0.25) is 13.9 Å². The van der Waals surface area contributed by atoms with Crippen molar-refractivity contribution in [1.82, 2.24) is 10.2 Å². The number of halogens is 3. The maximum absolute atomic E-state index is 13.9. The van der Waals surface area contributed by atoms with Crippen LogP contribution in [-0.2, 0) is 32.6 Å². The van der Waals surface area contributed by atoms with Crippen molar-refractivity contribution in [2.45, 2.75) is 38.9 Å². The van der Waals surface area contributed by atoms with Gasteiger partial charge in [-0.1, -0.05) is 54.1 Å². The first-order valence-electron chi connectivity index (χ1n) is 12.2. The van der Waals surface area contributed by atoms with Crippen molar-refractivity contribution in [3.05, 3.63) is 101 Å². The molecular formula is C28H30ClF2N3O4S. The van der Waals surface area contributed by atoms with Crippen molar-refractivity contribution in [2.75, 3.05) is 17.1 Å². The molecule has 208 valence electrons. The Morgan fingerprint density at radius 3 is 2.15 bits per heavy atom. The maximum Gasteiger partial charge on any atom is 0.244 e. The number of sulfonamides is 1. The van der Waals surface area contributed by atoms with E-state index < -0.39 is 46.1 Å². The first kappa shape index (κ1) is 30.0. The van der Waals surface area contributed by atoms with Crippen molar-refractivity contribution in [2.24, 2.45) is 0 Å². The Hall–Kier alpha value is -3.50. The molecule has 0 aliphatic heterocycles. The molecule has 1 N–H and O–H groups in total. The Labute approximate surface area is 232 Å². The smallest absolute Gasteiger partial charge is 0.244 e. The maximum atomic E-state index is 13.9. The molecule has 0 saturated carbocycles. The molecule has 0 saturated heterocycles. The average molecular weight is 578 g/mol. The molecule has 0 unspecified atom stereocenters. The Morgan fingerprint density at radius 2 is 1.59 bits per heavy atom. The summed E-state index contributed by atoms with van der Waals surface area (Å²) in [6.45, 7) is 2.80. The van der Waals surface area contributed by atoms with E-state index in [2.05, 4.69) is 5.32 Å². The monoisotopic (exact) mass is 577 g/mol. The fourth-order valence-corrected chi connectivity index (χ4v) is 4.99. The minimum absolute atomic E-state index is 0.00905. The second kappa shape index (κ2) is 13.0. The van der Waals surface area contributed by atoms with Crippen LogP contribution in [0.4, 0.5) is 14.5 Å². The molecule has 3 rings (SSSR count). The molecule has 0 aliphatic rings. The second-order valence-corrected chi connectivity index (χ2v) is 11.7. The van der Waals surface area contributed by atoms with Gasteiger partial charge in [0.05, 0.1) is 17.0 Å². The number of rotatable bonds is 11. The predicted octanol–water partition coefficient (Wildman–Crippen LogP) is 4.55. The summed E-state index contributed by atoms with van der Waals surface area (Å²) in [6, 6.07) is 16.6. The third-order valence-corrected chi connectivity index (χ3v) is 7.27. The van der Waals surface area contributed by atoms with E-state index in [0.717, 1.165) is 28.3 Å². The highest BCUT2D eigenvalue weighted by atomic mass is 35.5. The van der Waals surface area contributed by atoms with E-state index >= 15 is 0 Å². The molecule has 0 spiro atoms. The molecule has 0 fully saturated rings. The van der Waals surface area contributed by atoms with Crippen molar-refractivity contribution >= 4 is 39.1 Å². The molecule has 1 atom stereocenters. The third kappa shape index (κ3) is 8.49. The molecular weight excluding hydrogens is 548 g/mol. The number of hydrogen-bond acceptors (Lipinski definition) is 4. The van der Waals surface area contributed by atoms with Crippen molar-refractivity contribution < 1.29 is 26.8 Å². The predicted molar refractivity (Wildman–Crippen MR) is 148 cm³/mol. The minimum Gasteiger partial charge on any atom is -0.352 e. The van der Waals surface area contributed by atoms with Gasteiger partial charge in [-0.25, -0.2) is 17.2 Å². The average Bonchev–Trinajstić information content (AvgIpc) is 2.87. The van der Waals surface area contributed by atoms with E-state index in [4.69, 9.17) is 11.6 Å². The number of amides is 2. The SMILES string of the molecule is CC(C)NC(=O)[C@@H](Cc1ccccc1)N(Cc1ccc(F)cc1)C(=O)CN(c1ccc(F)c(Cl)c1)S(C)(=O)=O. The number of nitrogens with one attached hydrogen (secondary N) is 1. The van der Waals surface area contributed by atoms with Crippen molar-refractivity contribution in [3.63, 3.8) is 0 Å². The summed E-state index contributed by atoms with van der Waals surface area (Å²) < 4.78 is 53.6. The zero-order valence-electron chi connectivity index (χ0n) is 21.8. The van der Waals surface area contributed by atoms with Gasteiger partial charge < -0.3 is 10.2 Å². The van der Waals surface area contributed by atoms with Crippen LogP contribution in [-0.4, -0.2) is 50.0 Å². The Bertz CT molecular complexity index is 1400. The summed E-state index contributed by atoms with van der Waals surface area (Å²) in [5.74, 6) is -2.33. The van der Waals surface area contributed by atoms with Gasteiger partial charge in [0.15, 0.2) is 0 Å². The summed E-state index contributed by atoms with van der Waals surface area (Å²) in [6.07, 6.45) is 1.06. The van der Waals surface area contributed by atoms with Crippen LogP contribution in [0.25, 0.3) is 0 Å². The summed E-state index contributed by atoms with van der Waals surface area (Å²) in [7, 11) is -4.02. The van der Waals surface area contributed by atoms with Crippen LogP contribution in [0, 0.1) is 11.6 Å². The topological polar surface area (TPSA) is 86.8 Å². The van der Waals surface area contributed by atoms with Crippen molar-refractivity contribution in [1.29, 1.82) is 0 Å². The second-order valence-electron chi connectivity index (χ2n) is 9.38. The van der Waals surface area contributed by atoms with Gasteiger partial charge in [0.2, 0.25) is 21.8 Å². The number of hydrogen-bond donors (Lipinski definition) is 1. The number of anilines is 1. The molecule has 3 aromatic rings. The van der Waals surface area contributed by atoms with Gasteiger partial charge >= 0.3 is 0 Å². The molecule has 0 radical (unpaired) electrons. The zero-order valence-corrected chi connectivity index (χ0v) is 23.3. The molecule has 11 heteroatoms. The van der Waals surface area contributed by atoms with Crippen molar-refractivity contribution in [3.8, 4) is 0 Å².